The molecule has 0 bridgehead atoms. The minimum atomic E-state index is -3.88. The predicted molar refractivity (Wildman–Crippen MR) is 93.8 cm³/mol. The van der Waals surface area contributed by atoms with Gasteiger partial charge in [0.2, 0.25) is 10.0 Å². The first-order chi connectivity index (χ1) is 10.9. The van der Waals surface area contributed by atoms with Crippen LogP contribution in [-0.4, -0.2) is 51.3 Å². The van der Waals surface area contributed by atoms with E-state index in [2.05, 4.69) is 0 Å². The fraction of sp³-hybridized carbons (Fsp3) is 0.600. The highest BCUT2D eigenvalue weighted by Crippen LogP contribution is 2.34. The van der Waals surface area contributed by atoms with Crippen molar-refractivity contribution in [2.45, 2.75) is 42.1 Å². The summed E-state index contributed by atoms with van der Waals surface area (Å²) in [5.41, 5.74) is 0. The zero-order chi connectivity index (χ0) is 18.3. The minimum absolute atomic E-state index is 0.0497. The van der Waals surface area contributed by atoms with Crippen LogP contribution in [0.15, 0.2) is 23.1 Å². The molecule has 1 aromatic rings. The molecule has 1 fully saturated rings. The Morgan fingerprint density at radius 3 is 2.38 bits per heavy atom. The van der Waals surface area contributed by atoms with Crippen molar-refractivity contribution in [2.75, 3.05) is 20.2 Å². The average Bonchev–Trinajstić information content (AvgIpc) is 2.97. The van der Waals surface area contributed by atoms with Crippen LogP contribution in [0.25, 0.3) is 0 Å². The first kappa shape index (κ1) is 19.5. The number of methoxy groups -OCH3 is 1. The summed E-state index contributed by atoms with van der Waals surface area (Å²) in [7, 11) is -5.95. The van der Waals surface area contributed by atoms with E-state index in [4.69, 9.17) is 16.3 Å². The monoisotopic (exact) mass is 395 g/mol. The zero-order valence-electron chi connectivity index (χ0n) is 14.1. The number of hydrogen-bond acceptors (Lipinski definition) is 5. The molecular formula is C15H22ClNO5S2. The van der Waals surface area contributed by atoms with Crippen molar-refractivity contribution in [3.05, 3.63) is 23.2 Å². The van der Waals surface area contributed by atoms with Crippen molar-refractivity contribution in [2.24, 2.45) is 0 Å². The van der Waals surface area contributed by atoms with Crippen LogP contribution in [0.1, 0.15) is 27.2 Å². The van der Waals surface area contributed by atoms with E-state index >= 15 is 0 Å². The van der Waals surface area contributed by atoms with Gasteiger partial charge in [0.15, 0.2) is 9.84 Å². The maximum Gasteiger partial charge on any atom is 0.246 e. The topological polar surface area (TPSA) is 80.8 Å². The van der Waals surface area contributed by atoms with Crippen molar-refractivity contribution >= 4 is 31.5 Å². The molecule has 0 radical (unpaired) electrons. The third-order valence-corrected chi connectivity index (χ3v) is 9.23. The molecule has 1 aromatic carbocycles. The van der Waals surface area contributed by atoms with Crippen LogP contribution in [-0.2, 0) is 19.9 Å². The summed E-state index contributed by atoms with van der Waals surface area (Å²) < 4.78 is 56.3. The third-order valence-electron chi connectivity index (χ3n) is 4.14. The van der Waals surface area contributed by atoms with E-state index in [1.165, 1.54) is 29.6 Å². The number of benzene rings is 1. The van der Waals surface area contributed by atoms with E-state index in [1.54, 1.807) is 20.8 Å². The second-order valence-corrected chi connectivity index (χ2v) is 12.1. The number of sulfone groups is 1. The maximum atomic E-state index is 12.9. The Bertz CT molecular complexity index is 828. The fourth-order valence-electron chi connectivity index (χ4n) is 2.66. The van der Waals surface area contributed by atoms with Gasteiger partial charge in [-0.1, -0.05) is 11.6 Å². The Kier molecular flexibility index (Phi) is 5.26. The number of ether oxygens (including phenoxy) is 1. The molecule has 1 unspecified atom stereocenters. The number of rotatable bonds is 4. The standard InChI is InChI=1S/C15H22ClNO5S2/c1-15(2,3)23(18,19)12-7-8-17(10-12)24(20,21)14-9-11(16)5-6-13(14)22-4/h5-6,9,12H,7-8,10H2,1-4H3. The van der Waals surface area contributed by atoms with E-state index in [9.17, 15) is 16.8 Å². The van der Waals surface area contributed by atoms with Gasteiger partial charge in [0.05, 0.1) is 17.1 Å². The van der Waals surface area contributed by atoms with Crippen LogP contribution in [0.2, 0.25) is 5.02 Å². The Hall–Kier alpha value is -0.830. The van der Waals surface area contributed by atoms with Gasteiger partial charge in [0.1, 0.15) is 10.6 Å². The van der Waals surface area contributed by atoms with Gasteiger partial charge in [-0.3, -0.25) is 0 Å². The molecule has 136 valence electrons. The van der Waals surface area contributed by atoms with Gasteiger partial charge in [-0.05, 0) is 45.4 Å². The van der Waals surface area contributed by atoms with Gasteiger partial charge < -0.3 is 4.74 Å². The summed E-state index contributed by atoms with van der Waals surface area (Å²) in [6.45, 7) is 4.97. The van der Waals surface area contributed by atoms with Gasteiger partial charge >= 0.3 is 0 Å². The quantitative estimate of drug-likeness (QED) is 0.781. The van der Waals surface area contributed by atoms with Crippen molar-refractivity contribution in [3.63, 3.8) is 0 Å². The van der Waals surface area contributed by atoms with Crippen LogP contribution in [0.3, 0.4) is 0 Å². The van der Waals surface area contributed by atoms with E-state index in [0.717, 1.165) is 0 Å². The van der Waals surface area contributed by atoms with Crippen molar-refractivity contribution in [1.29, 1.82) is 0 Å². The molecule has 1 heterocycles. The van der Waals surface area contributed by atoms with Crippen LogP contribution in [0.5, 0.6) is 5.75 Å². The lowest BCUT2D eigenvalue weighted by Gasteiger charge is -2.24. The molecule has 0 saturated carbocycles. The van der Waals surface area contributed by atoms with Gasteiger partial charge in [0, 0.05) is 18.1 Å². The molecule has 24 heavy (non-hydrogen) atoms. The predicted octanol–water partition coefficient (Wildman–Crippen LogP) is 2.32. The molecule has 1 saturated heterocycles. The Morgan fingerprint density at radius 1 is 1.21 bits per heavy atom. The largest absolute Gasteiger partial charge is 0.495 e. The molecule has 0 spiro atoms. The molecule has 1 aliphatic rings. The smallest absolute Gasteiger partial charge is 0.246 e. The van der Waals surface area contributed by atoms with E-state index < -0.39 is 29.9 Å². The lowest BCUT2D eigenvalue weighted by Crippen LogP contribution is -2.39. The first-order valence-electron chi connectivity index (χ1n) is 7.48. The highest BCUT2D eigenvalue weighted by molar-refractivity contribution is 7.93. The van der Waals surface area contributed by atoms with Crippen molar-refractivity contribution in [1.82, 2.24) is 4.31 Å². The summed E-state index contributed by atoms with van der Waals surface area (Å²) in [6.07, 6.45) is 0.279. The Balaban J connectivity index is 2.36. The second-order valence-electron chi connectivity index (χ2n) is 6.73. The van der Waals surface area contributed by atoms with Crippen LogP contribution in [0, 0.1) is 0 Å². The van der Waals surface area contributed by atoms with Crippen LogP contribution < -0.4 is 4.74 Å². The molecule has 1 atom stereocenters. The number of hydrogen-bond donors (Lipinski definition) is 0. The lowest BCUT2D eigenvalue weighted by molar-refractivity contribution is 0.398. The molecule has 9 heteroatoms. The molecular weight excluding hydrogens is 374 g/mol. The summed E-state index contributed by atoms with van der Waals surface area (Å²) in [5.74, 6) is 0.182. The highest BCUT2D eigenvalue weighted by atomic mass is 35.5. The molecule has 0 amide bonds. The van der Waals surface area contributed by atoms with E-state index in [0.29, 0.717) is 0 Å². The molecule has 2 rings (SSSR count). The van der Waals surface area contributed by atoms with Gasteiger partial charge in [-0.25, -0.2) is 16.8 Å². The molecule has 0 aromatic heterocycles. The molecule has 0 N–H and O–H groups in total. The summed E-state index contributed by atoms with van der Waals surface area (Å²) >= 11 is 5.91. The number of halogens is 1. The summed E-state index contributed by atoms with van der Waals surface area (Å²) in [5, 5.41) is -0.440. The molecule has 0 aliphatic carbocycles. The minimum Gasteiger partial charge on any atom is -0.495 e. The maximum absolute atomic E-state index is 12.9. The molecule has 1 aliphatic heterocycles. The zero-order valence-corrected chi connectivity index (χ0v) is 16.5. The van der Waals surface area contributed by atoms with Crippen LogP contribution >= 0.6 is 11.6 Å². The third kappa shape index (κ3) is 3.42. The normalized spacial score (nSPS) is 20.3. The SMILES string of the molecule is COc1ccc(Cl)cc1S(=O)(=O)N1CCC(S(=O)(=O)C(C)(C)C)C1. The molecule has 6 nitrogen and oxygen atoms in total. The Morgan fingerprint density at radius 2 is 1.83 bits per heavy atom. The van der Waals surface area contributed by atoms with E-state index in [1.807, 2.05) is 0 Å². The first-order valence-corrected chi connectivity index (χ1v) is 10.8. The summed E-state index contributed by atoms with van der Waals surface area (Å²) in [6, 6.07) is 4.34. The fourth-order valence-corrected chi connectivity index (χ4v) is 6.47. The van der Waals surface area contributed by atoms with Crippen molar-refractivity contribution < 1.29 is 21.6 Å². The summed E-state index contributed by atoms with van der Waals surface area (Å²) in [4.78, 5) is -0.0497. The highest BCUT2D eigenvalue weighted by Gasteiger charge is 2.44. The Labute approximate surface area is 148 Å². The van der Waals surface area contributed by atoms with Gasteiger partial charge in [-0.15, -0.1) is 0 Å². The van der Waals surface area contributed by atoms with E-state index in [-0.39, 0.29) is 35.2 Å². The van der Waals surface area contributed by atoms with Gasteiger partial charge in [-0.2, -0.15) is 4.31 Å². The van der Waals surface area contributed by atoms with Crippen molar-refractivity contribution in [3.8, 4) is 5.75 Å². The number of nitrogens with zero attached hydrogens (tertiary/aromatic N) is 1. The number of sulfonamides is 1. The van der Waals surface area contributed by atoms with Gasteiger partial charge in [0.25, 0.3) is 0 Å². The lowest BCUT2D eigenvalue weighted by atomic mass is 10.3. The average molecular weight is 396 g/mol. The second kappa shape index (κ2) is 6.48. The van der Waals surface area contributed by atoms with Crippen LogP contribution in [0.4, 0.5) is 0 Å².